The molecule has 118 valence electrons. The van der Waals surface area contributed by atoms with E-state index in [-0.39, 0.29) is 24.9 Å². The Morgan fingerprint density at radius 2 is 2.14 bits per heavy atom. The molecule has 1 aromatic carbocycles. The molecule has 2 rings (SSSR count). The van der Waals surface area contributed by atoms with E-state index in [9.17, 15) is 8.42 Å². The summed E-state index contributed by atoms with van der Waals surface area (Å²) >= 11 is 0. The lowest BCUT2D eigenvalue weighted by Gasteiger charge is -2.30. The highest BCUT2D eigenvalue weighted by molar-refractivity contribution is 7.89. The van der Waals surface area contributed by atoms with Crippen LogP contribution >= 0.6 is 0 Å². The Morgan fingerprint density at radius 1 is 1.38 bits per heavy atom. The number of aliphatic hydroxyl groups is 1. The number of hydrogen-bond acceptors (Lipinski definition) is 5. The van der Waals surface area contributed by atoms with E-state index in [0.29, 0.717) is 24.5 Å². The van der Waals surface area contributed by atoms with Crippen LogP contribution in [0, 0.1) is 5.92 Å². The minimum Gasteiger partial charge on any atom is -0.490 e. The van der Waals surface area contributed by atoms with Gasteiger partial charge in [0.05, 0.1) is 11.4 Å². The molecule has 1 aliphatic heterocycles. The van der Waals surface area contributed by atoms with Crippen LogP contribution in [-0.2, 0) is 10.0 Å². The third-order valence-electron chi connectivity index (χ3n) is 3.65. The zero-order chi connectivity index (χ0) is 15.3. The van der Waals surface area contributed by atoms with Gasteiger partial charge in [-0.05, 0) is 30.9 Å². The molecule has 7 heteroatoms. The normalized spacial score (nSPS) is 20.3. The predicted octanol–water partition coefficient (Wildman–Crippen LogP) is 0.682. The number of piperidine rings is 1. The highest BCUT2D eigenvalue weighted by Gasteiger charge is 2.28. The second-order valence-corrected chi connectivity index (χ2v) is 7.34. The molecule has 1 aliphatic rings. The van der Waals surface area contributed by atoms with Crippen LogP contribution in [0.3, 0.4) is 0 Å². The zero-order valence-electron chi connectivity index (χ0n) is 11.9. The molecule has 1 fully saturated rings. The predicted molar refractivity (Wildman–Crippen MR) is 81.5 cm³/mol. The first-order chi connectivity index (χ1) is 10.0. The topological polar surface area (TPSA) is 92.9 Å². The molecular weight excluding hydrogens is 292 g/mol. The average Bonchev–Trinajstić information content (AvgIpc) is 2.49. The van der Waals surface area contributed by atoms with E-state index in [0.717, 1.165) is 12.8 Å². The molecule has 1 atom stereocenters. The first-order valence-corrected chi connectivity index (χ1v) is 8.70. The van der Waals surface area contributed by atoms with Gasteiger partial charge in [-0.3, -0.25) is 0 Å². The van der Waals surface area contributed by atoms with Crippen molar-refractivity contribution in [2.75, 3.05) is 37.8 Å². The van der Waals surface area contributed by atoms with Crippen molar-refractivity contribution in [2.24, 2.45) is 5.92 Å². The Balaban J connectivity index is 1.88. The summed E-state index contributed by atoms with van der Waals surface area (Å²) < 4.78 is 31.4. The third kappa shape index (κ3) is 4.33. The van der Waals surface area contributed by atoms with Gasteiger partial charge in [0.2, 0.25) is 10.0 Å². The minimum absolute atomic E-state index is 0.0308. The number of benzene rings is 1. The first kappa shape index (κ1) is 16.1. The standard InChI is InChI=1S/C14H22N2O4S/c15-13-5-1-2-6-14(13)20-8-9-21(18,19)16-7-3-4-12(10-16)11-17/h1-2,5-6,12,17H,3-4,7-11,15H2. The number of rotatable bonds is 6. The highest BCUT2D eigenvalue weighted by atomic mass is 32.2. The summed E-state index contributed by atoms with van der Waals surface area (Å²) in [6.07, 6.45) is 1.66. The zero-order valence-corrected chi connectivity index (χ0v) is 12.8. The van der Waals surface area contributed by atoms with Crippen molar-refractivity contribution in [3.05, 3.63) is 24.3 Å². The molecule has 0 aliphatic carbocycles. The maximum atomic E-state index is 12.3. The summed E-state index contributed by atoms with van der Waals surface area (Å²) in [7, 11) is -3.35. The average molecular weight is 314 g/mol. The Labute approximate surface area is 125 Å². The van der Waals surface area contributed by atoms with Crippen molar-refractivity contribution in [1.29, 1.82) is 0 Å². The molecule has 0 amide bonds. The summed E-state index contributed by atoms with van der Waals surface area (Å²) in [5.41, 5.74) is 6.23. The quantitative estimate of drug-likeness (QED) is 0.753. The number of ether oxygens (including phenoxy) is 1. The van der Waals surface area contributed by atoms with Gasteiger partial charge in [0.1, 0.15) is 12.4 Å². The van der Waals surface area contributed by atoms with E-state index < -0.39 is 10.0 Å². The Morgan fingerprint density at radius 3 is 2.86 bits per heavy atom. The molecule has 0 saturated carbocycles. The number of nitrogen functional groups attached to an aromatic ring is 1. The molecule has 1 unspecified atom stereocenters. The number of aliphatic hydroxyl groups excluding tert-OH is 1. The summed E-state index contributed by atoms with van der Waals surface area (Å²) in [5, 5.41) is 9.17. The van der Waals surface area contributed by atoms with Crippen molar-refractivity contribution >= 4 is 15.7 Å². The molecule has 0 aromatic heterocycles. The largest absolute Gasteiger partial charge is 0.490 e. The van der Waals surface area contributed by atoms with E-state index in [2.05, 4.69) is 0 Å². The van der Waals surface area contributed by atoms with Crippen LogP contribution in [-0.4, -0.2) is 49.9 Å². The van der Waals surface area contributed by atoms with Crippen molar-refractivity contribution in [2.45, 2.75) is 12.8 Å². The highest BCUT2D eigenvalue weighted by Crippen LogP contribution is 2.21. The van der Waals surface area contributed by atoms with Crippen LogP contribution in [0.1, 0.15) is 12.8 Å². The van der Waals surface area contributed by atoms with Crippen molar-refractivity contribution in [3.63, 3.8) is 0 Å². The third-order valence-corrected chi connectivity index (χ3v) is 5.45. The maximum absolute atomic E-state index is 12.3. The van der Waals surface area contributed by atoms with Gasteiger partial charge in [0.25, 0.3) is 0 Å². The van der Waals surface area contributed by atoms with Gasteiger partial charge in [0, 0.05) is 19.7 Å². The van der Waals surface area contributed by atoms with Gasteiger partial charge in [-0.25, -0.2) is 12.7 Å². The molecule has 0 spiro atoms. The molecular formula is C14H22N2O4S. The van der Waals surface area contributed by atoms with Gasteiger partial charge >= 0.3 is 0 Å². The molecule has 0 bridgehead atoms. The van der Waals surface area contributed by atoms with Gasteiger partial charge in [-0.1, -0.05) is 12.1 Å². The molecule has 1 saturated heterocycles. The Hall–Kier alpha value is -1.31. The maximum Gasteiger partial charge on any atom is 0.217 e. The van der Waals surface area contributed by atoms with E-state index in [1.165, 1.54) is 4.31 Å². The van der Waals surface area contributed by atoms with Crippen molar-refractivity contribution < 1.29 is 18.3 Å². The molecule has 0 radical (unpaired) electrons. The van der Waals surface area contributed by atoms with Crippen LogP contribution in [0.2, 0.25) is 0 Å². The van der Waals surface area contributed by atoms with Crippen LogP contribution in [0.5, 0.6) is 5.75 Å². The van der Waals surface area contributed by atoms with Crippen LogP contribution < -0.4 is 10.5 Å². The van der Waals surface area contributed by atoms with E-state index in [1.54, 1.807) is 24.3 Å². The fourth-order valence-electron chi connectivity index (χ4n) is 2.43. The monoisotopic (exact) mass is 314 g/mol. The number of sulfonamides is 1. The van der Waals surface area contributed by atoms with Gasteiger partial charge < -0.3 is 15.6 Å². The number of hydrogen-bond donors (Lipinski definition) is 2. The lowest BCUT2D eigenvalue weighted by atomic mass is 10.0. The lowest BCUT2D eigenvalue weighted by Crippen LogP contribution is -2.42. The van der Waals surface area contributed by atoms with E-state index in [1.807, 2.05) is 0 Å². The van der Waals surface area contributed by atoms with Crippen molar-refractivity contribution in [3.8, 4) is 5.75 Å². The number of nitrogens with zero attached hydrogens (tertiary/aromatic N) is 1. The molecule has 6 nitrogen and oxygen atoms in total. The van der Waals surface area contributed by atoms with Gasteiger partial charge in [0.15, 0.2) is 0 Å². The molecule has 1 heterocycles. The Bertz CT molecular complexity index is 562. The number of para-hydroxylation sites is 2. The fraction of sp³-hybridized carbons (Fsp3) is 0.571. The molecule has 21 heavy (non-hydrogen) atoms. The van der Waals surface area contributed by atoms with Crippen molar-refractivity contribution in [1.82, 2.24) is 4.31 Å². The summed E-state index contributed by atoms with van der Waals surface area (Å²) in [5.74, 6) is 0.457. The molecule has 3 N–H and O–H groups in total. The van der Waals surface area contributed by atoms with Crippen LogP contribution in [0.15, 0.2) is 24.3 Å². The van der Waals surface area contributed by atoms with Crippen LogP contribution in [0.25, 0.3) is 0 Å². The second kappa shape index (κ2) is 7.11. The van der Waals surface area contributed by atoms with E-state index >= 15 is 0 Å². The molecule has 1 aromatic rings. The SMILES string of the molecule is Nc1ccccc1OCCS(=O)(=O)N1CCCC(CO)C1. The summed E-state index contributed by atoms with van der Waals surface area (Å²) in [6.45, 7) is 1.01. The Kier molecular flexibility index (Phi) is 5.44. The number of nitrogens with two attached hydrogens (primary N) is 1. The van der Waals surface area contributed by atoms with E-state index in [4.69, 9.17) is 15.6 Å². The smallest absolute Gasteiger partial charge is 0.217 e. The summed E-state index contributed by atoms with van der Waals surface area (Å²) in [6, 6.07) is 7.00. The summed E-state index contributed by atoms with van der Waals surface area (Å²) in [4.78, 5) is 0. The van der Waals surface area contributed by atoms with Crippen LogP contribution in [0.4, 0.5) is 5.69 Å². The minimum atomic E-state index is -3.35. The van der Waals surface area contributed by atoms with Gasteiger partial charge in [-0.2, -0.15) is 0 Å². The first-order valence-electron chi connectivity index (χ1n) is 7.09. The van der Waals surface area contributed by atoms with Gasteiger partial charge in [-0.15, -0.1) is 0 Å². The lowest BCUT2D eigenvalue weighted by molar-refractivity contribution is 0.165. The fourth-order valence-corrected chi connectivity index (χ4v) is 3.82. The number of anilines is 1. The second-order valence-electron chi connectivity index (χ2n) is 5.25.